The smallest absolute Gasteiger partial charge is 0.328 e. The summed E-state index contributed by atoms with van der Waals surface area (Å²) in [6, 6.07) is -0.970. The fourth-order valence-electron chi connectivity index (χ4n) is 1.96. The number of hydrogen-bond acceptors (Lipinski definition) is 3. The number of unbranched alkanes of at least 4 members (excludes halogenated alkanes) is 2. The van der Waals surface area contributed by atoms with E-state index in [0.717, 1.165) is 19.3 Å². The van der Waals surface area contributed by atoms with E-state index in [1.165, 1.54) is 6.42 Å². The summed E-state index contributed by atoms with van der Waals surface area (Å²) in [5.74, 6) is -0.560. The molecule has 142 valence electrons. The number of carboxylic acid groups (broad SMARTS) is 1. The van der Waals surface area contributed by atoms with Gasteiger partial charge in [0.05, 0.1) is 6.61 Å². The second kappa shape index (κ2) is 10.2. The van der Waals surface area contributed by atoms with Crippen molar-refractivity contribution in [2.45, 2.75) is 90.9 Å². The van der Waals surface area contributed by atoms with Crippen molar-refractivity contribution in [3.63, 3.8) is 0 Å². The topological polar surface area (TPSA) is 75.6 Å². The molecule has 2 N–H and O–H groups in total. The SMILES string of the molecule is CC(C)CCCCCC(=O)N[C@@H](CO[Si](C)(C)C(C)(C)C)C(=O)O. The van der Waals surface area contributed by atoms with Crippen molar-refractivity contribution < 1.29 is 19.1 Å². The molecule has 0 rings (SSSR count). The molecule has 1 atom stereocenters. The van der Waals surface area contributed by atoms with Gasteiger partial charge in [0.15, 0.2) is 8.32 Å². The first-order chi connectivity index (χ1) is 10.9. The van der Waals surface area contributed by atoms with E-state index < -0.39 is 20.3 Å². The van der Waals surface area contributed by atoms with Crippen LogP contribution in [0.3, 0.4) is 0 Å². The minimum Gasteiger partial charge on any atom is -0.480 e. The zero-order valence-electron chi connectivity index (χ0n) is 16.6. The Bertz CT molecular complexity index is 402. The molecular formula is C18H37NO4Si. The van der Waals surface area contributed by atoms with Crippen molar-refractivity contribution in [2.75, 3.05) is 6.61 Å². The molecule has 0 unspecified atom stereocenters. The van der Waals surface area contributed by atoms with Crippen LogP contribution in [0.25, 0.3) is 0 Å². The van der Waals surface area contributed by atoms with Crippen LogP contribution in [0.5, 0.6) is 0 Å². The van der Waals surface area contributed by atoms with E-state index in [1.807, 2.05) is 0 Å². The molecule has 1 amide bonds. The van der Waals surface area contributed by atoms with Crippen molar-refractivity contribution in [1.82, 2.24) is 5.32 Å². The molecule has 0 bridgehead atoms. The second-order valence-corrected chi connectivity index (χ2v) is 13.3. The number of rotatable bonds is 11. The molecule has 0 saturated heterocycles. The lowest BCUT2D eigenvalue weighted by Gasteiger charge is -2.36. The largest absolute Gasteiger partial charge is 0.480 e. The lowest BCUT2D eigenvalue weighted by molar-refractivity contribution is -0.142. The Hall–Kier alpha value is -0.883. The highest BCUT2D eigenvalue weighted by atomic mass is 28.4. The zero-order valence-corrected chi connectivity index (χ0v) is 17.6. The number of amides is 1. The second-order valence-electron chi connectivity index (χ2n) is 8.52. The van der Waals surface area contributed by atoms with Gasteiger partial charge in [0.2, 0.25) is 5.91 Å². The van der Waals surface area contributed by atoms with Gasteiger partial charge < -0.3 is 14.8 Å². The lowest BCUT2D eigenvalue weighted by Crippen LogP contribution is -2.49. The van der Waals surface area contributed by atoms with E-state index in [9.17, 15) is 14.7 Å². The van der Waals surface area contributed by atoms with Gasteiger partial charge in [-0.1, -0.05) is 53.9 Å². The van der Waals surface area contributed by atoms with Crippen molar-refractivity contribution in [2.24, 2.45) is 5.92 Å². The van der Waals surface area contributed by atoms with Gasteiger partial charge in [0.1, 0.15) is 6.04 Å². The average Bonchev–Trinajstić information content (AvgIpc) is 2.41. The molecule has 0 fully saturated rings. The van der Waals surface area contributed by atoms with Gasteiger partial charge in [-0.3, -0.25) is 4.79 Å². The van der Waals surface area contributed by atoms with E-state index >= 15 is 0 Å². The number of aliphatic carboxylic acids is 1. The van der Waals surface area contributed by atoms with Gasteiger partial charge in [0.25, 0.3) is 0 Å². The molecule has 0 aromatic carbocycles. The molecule has 0 aliphatic carbocycles. The highest BCUT2D eigenvalue weighted by Crippen LogP contribution is 2.36. The average molecular weight is 360 g/mol. The summed E-state index contributed by atoms with van der Waals surface area (Å²) >= 11 is 0. The summed E-state index contributed by atoms with van der Waals surface area (Å²) in [4.78, 5) is 23.3. The van der Waals surface area contributed by atoms with Crippen molar-refractivity contribution in [1.29, 1.82) is 0 Å². The van der Waals surface area contributed by atoms with Crippen LogP contribution < -0.4 is 5.32 Å². The number of carboxylic acids is 1. The molecule has 6 heteroatoms. The molecule has 0 aromatic rings. The van der Waals surface area contributed by atoms with Crippen molar-refractivity contribution in [3.05, 3.63) is 0 Å². The van der Waals surface area contributed by atoms with Crippen LogP contribution in [0, 0.1) is 5.92 Å². The number of hydrogen-bond donors (Lipinski definition) is 2. The minimum absolute atomic E-state index is 0.0104. The predicted molar refractivity (Wildman–Crippen MR) is 101 cm³/mol. The Labute approximate surface area is 148 Å². The van der Waals surface area contributed by atoms with E-state index in [2.05, 4.69) is 53.0 Å². The highest BCUT2D eigenvalue weighted by Gasteiger charge is 2.38. The zero-order chi connectivity index (χ0) is 19.0. The molecule has 0 aromatic heterocycles. The molecule has 0 heterocycles. The number of carbonyl (C=O) groups is 2. The third-order valence-electron chi connectivity index (χ3n) is 4.74. The maximum absolute atomic E-state index is 12.0. The third kappa shape index (κ3) is 9.42. The molecule has 0 spiro atoms. The van der Waals surface area contributed by atoms with Gasteiger partial charge in [-0.05, 0) is 30.5 Å². The van der Waals surface area contributed by atoms with Crippen LogP contribution in [0.1, 0.15) is 66.7 Å². The third-order valence-corrected chi connectivity index (χ3v) is 9.24. The molecule has 0 aliphatic heterocycles. The number of carbonyl (C=O) groups excluding carboxylic acids is 1. The first-order valence-corrected chi connectivity index (χ1v) is 11.9. The van der Waals surface area contributed by atoms with E-state index in [1.54, 1.807) is 0 Å². The Morgan fingerprint density at radius 1 is 1.12 bits per heavy atom. The summed E-state index contributed by atoms with van der Waals surface area (Å²) in [7, 11) is -2.03. The standard InChI is InChI=1S/C18H37NO4Si/c1-14(2)11-9-8-10-12-16(20)19-15(17(21)22)13-23-24(6,7)18(3,4)5/h14-15H,8-13H2,1-7H3,(H,19,20)(H,21,22)/t15-/m0/s1. The van der Waals surface area contributed by atoms with Crippen molar-refractivity contribution >= 4 is 20.2 Å². The number of nitrogens with one attached hydrogen (secondary N) is 1. The quantitative estimate of drug-likeness (QED) is 0.428. The van der Waals surface area contributed by atoms with Gasteiger partial charge in [-0.15, -0.1) is 0 Å². The maximum Gasteiger partial charge on any atom is 0.328 e. The Morgan fingerprint density at radius 3 is 2.17 bits per heavy atom. The van der Waals surface area contributed by atoms with Crippen LogP contribution in [0.15, 0.2) is 0 Å². The van der Waals surface area contributed by atoms with Gasteiger partial charge in [-0.2, -0.15) is 0 Å². The molecule has 0 saturated carbocycles. The molecular weight excluding hydrogens is 322 g/mol. The van der Waals surface area contributed by atoms with Crippen LogP contribution in [0.4, 0.5) is 0 Å². The Balaban J connectivity index is 4.29. The first kappa shape index (κ1) is 23.1. The highest BCUT2D eigenvalue weighted by molar-refractivity contribution is 6.74. The van der Waals surface area contributed by atoms with Gasteiger partial charge in [0, 0.05) is 6.42 Å². The first-order valence-electron chi connectivity index (χ1n) is 9.03. The summed E-state index contributed by atoms with van der Waals surface area (Å²) in [6.45, 7) is 14.9. The summed E-state index contributed by atoms with van der Waals surface area (Å²) in [5, 5.41) is 11.9. The monoisotopic (exact) mass is 359 g/mol. The van der Waals surface area contributed by atoms with Crippen LogP contribution in [0.2, 0.25) is 18.1 Å². The van der Waals surface area contributed by atoms with E-state index in [4.69, 9.17) is 4.43 Å². The minimum atomic E-state index is -2.03. The molecule has 24 heavy (non-hydrogen) atoms. The van der Waals surface area contributed by atoms with Crippen LogP contribution in [-0.4, -0.2) is 37.9 Å². The Morgan fingerprint density at radius 2 is 1.71 bits per heavy atom. The fourth-order valence-corrected chi connectivity index (χ4v) is 2.98. The van der Waals surface area contributed by atoms with E-state index in [-0.39, 0.29) is 17.6 Å². The van der Waals surface area contributed by atoms with E-state index in [0.29, 0.717) is 12.3 Å². The fraction of sp³-hybridized carbons (Fsp3) is 0.889. The normalized spacial score (nSPS) is 13.8. The van der Waals surface area contributed by atoms with Crippen molar-refractivity contribution in [3.8, 4) is 0 Å². The van der Waals surface area contributed by atoms with Crippen LogP contribution >= 0.6 is 0 Å². The summed E-state index contributed by atoms with van der Waals surface area (Å²) in [6.07, 6.45) is 4.46. The Kier molecular flexibility index (Phi) is 9.81. The molecule has 5 nitrogen and oxygen atoms in total. The summed E-state index contributed by atoms with van der Waals surface area (Å²) < 4.78 is 5.93. The lowest BCUT2D eigenvalue weighted by atomic mass is 10.0. The molecule has 0 aliphatic rings. The van der Waals surface area contributed by atoms with Gasteiger partial charge in [-0.25, -0.2) is 4.79 Å². The van der Waals surface area contributed by atoms with Crippen LogP contribution in [-0.2, 0) is 14.0 Å². The van der Waals surface area contributed by atoms with Gasteiger partial charge >= 0.3 is 5.97 Å². The maximum atomic E-state index is 12.0. The molecule has 0 radical (unpaired) electrons. The summed E-state index contributed by atoms with van der Waals surface area (Å²) in [5.41, 5.74) is 0. The predicted octanol–water partition coefficient (Wildman–Crippen LogP) is 4.18.